The van der Waals surface area contributed by atoms with E-state index in [9.17, 15) is 4.79 Å². The van der Waals surface area contributed by atoms with E-state index in [2.05, 4.69) is 29.8 Å². The Bertz CT molecular complexity index is 708. The Morgan fingerprint density at radius 2 is 1.78 bits per heavy atom. The van der Waals surface area contributed by atoms with Gasteiger partial charge >= 0.3 is 0 Å². The van der Waals surface area contributed by atoms with Crippen molar-refractivity contribution in [1.29, 1.82) is 0 Å². The van der Waals surface area contributed by atoms with Crippen molar-refractivity contribution < 1.29 is 4.79 Å². The minimum Gasteiger partial charge on any atom is -0.303 e. The van der Waals surface area contributed by atoms with E-state index in [1.54, 1.807) is 22.9 Å². The third kappa shape index (κ3) is 5.41. The average Bonchev–Trinajstić information content (AvgIpc) is 2.66. The molecule has 0 N–H and O–H groups in total. The molecule has 0 bridgehead atoms. The molecule has 0 unspecified atom stereocenters. The minimum atomic E-state index is 0. The summed E-state index contributed by atoms with van der Waals surface area (Å²) in [6.07, 6.45) is 4.04. The van der Waals surface area contributed by atoms with Crippen LogP contribution in [0.2, 0.25) is 0 Å². The van der Waals surface area contributed by atoms with Crippen LogP contribution in [-0.4, -0.2) is 40.5 Å². The van der Waals surface area contributed by atoms with Crippen LogP contribution in [0.3, 0.4) is 0 Å². The first-order chi connectivity index (χ1) is 12.7. The molecule has 1 aliphatic heterocycles. The average molecular weight is 424 g/mol. The number of halogens is 1. The number of pyridine rings is 1. The monoisotopic (exact) mass is 423 g/mol. The number of aromatic nitrogens is 1. The first-order valence-corrected chi connectivity index (χ1v) is 11.0. The number of anilines is 2. The van der Waals surface area contributed by atoms with Gasteiger partial charge < -0.3 is 4.90 Å². The smallest absolute Gasteiger partial charge is 0.291 e. The lowest BCUT2D eigenvalue weighted by Gasteiger charge is -2.29. The van der Waals surface area contributed by atoms with E-state index in [0.717, 1.165) is 59.5 Å². The molecule has 2 heterocycles. The molecule has 27 heavy (non-hydrogen) atoms. The molecule has 4 nitrogen and oxygen atoms in total. The highest BCUT2D eigenvalue weighted by atomic mass is 35.5. The van der Waals surface area contributed by atoms with Crippen LogP contribution >= 0.6 is 35.9 Å². The molecular weight excluding hydrogens is 398 g/mol. The molecule has 1 aliphatic rings. The van der Waals surface area contributed by atoms with Crippen molar-refractivity contribution in [2.24, 2.45) is 0 Å². The minimum absolute atomic E-state index is 0. The lowest BCUT2D eigenvalue weighted by atomic mass is 10.3. The zero-order valence-electron chi connectivity index (χ0n) is 15.8. The fourth-order valence-corrected chi connectivity index (χ4v) is 4.94. The molecule has 1 amide bonds. The molecule has 0 spiro atoms. The number of carbonyl (C=O) groups is 1. The van der Waals surface area contributed by atoms with Gasteiger partial charge in [0.1, 0.15) is 0 Å². The Morgan fingerprint density at radius 1 is 1.07 bits per heavy atom. The summed E-state index contributed by atoms with van der Waals surface area (Å²) < 4.78 is 0. The number of thioether (sulfide) groups is 1. The summed E-state index contributed by atoms with van der Waals surface area (Å²) in [6.45, 7) is 7.53. The fourth-order valence-electron chi connectivity index (χ4n) is 3.07. The third-order valence-electron chi connectivity index (χ3n) is 4.18. The quantitative estimate of drug-likeness (QED) is 0.539. The predicted octanol–water partition coefficient (Wildman–Crippen LogP) is 6.08. The van der Waals surface area contributed by atoms with Gasteiger partial charge in [0.05, 0.1) is 10.6 Å². The number of benzene rings is 1. The second-order valence-electron chi connectivity index (χ2n) is 6.19. The summed E-state index contributed by atoms with van der Waals surface area (Å²) in [4.78, 5) is 23.9. The molecule has 7 heteroatoms. The Balaban J connectivity index is 0.00000261. The van der Waals surface area contributed by atoms with Crippen LogP contribution in [0, 0.1) is 0 Å². The summed E-state index contributed by atoms with van der Waals surface area (Å²) in [5.41, 5.74) is 0.931. The zero-order chi connectivity index (χ0) is 18.4. The van der Waals surface area contributed by atoms with Crippen LogP contribution in [0.25, 0.3) is 0 Å². The summed E-state index contributed by atoms with van der Waals surface area (Å²) >= 11 is 3.06. The molecule has 0 fully saturated rings. The molecule has 0 atom stereocenters. The summed E-state index contributed by atoms with van der Waals surface area (Å²) in [6, 6.07) is 12.0. The van der Waals surface area contributed by atoms with Crippen LogP contribution in [0.1, 0.15) is 26.7 Å². The van der Waals surface area contributed by atoms with Gasteiger partial charge in [-0.2, -0.15) is 0 Å². The van der Waals surface area contributed by atoms with Crippen molar-refractivity contribution in [3.63, 3.8) is 0 Å². The molecule has 146 valence electrons. The lowest BCUT2D eigenvalue weighted by molar-refractivity contribution is 0.266. The van der Waals surface area contributed by atoms with Crippen molar-refractivity contribution in [2.75, 3.05) is 30.3 Å². The maximum atomic E-state index is 13.0. The molecular formula is C20H26ClN3OS2. The second-order valence-corrected chi connectivity index (χ2v) is 8.32. The van der Waals surface area contributed by atoms with Crippen LogP contribution in [-0.2, 0) is 0 Å². The van der Waals surface area contributed by atoms with Gasteiger partial charge in [-0.3, -0.25) is 9.69 Å². The van der Waals surface area contributed by atoms with Crippen LogP contribution in [0.5, 0.6) is 0 Å². The molecule has 0 aliphatic carbocycles. The molecule has 0 saturated heterocycles. The van der Waals surface area contributed by atoms with Crippen molar-refractivity contribution in [3.8, 4) is 0 Å². The van der Waals surface area contributed by atoms with E-state index < -0.39 is 0 Å². The van der Waals surface area contributed by atoms with Gasteiger partial charge in [0.15, 0.2) is 5.82 Å². The van der Waals surface area contributed by atoms with E-state index in [4.69, 9.17) is 0 Å². The number of hydrogen-bond donors (Lipinski definition) is 0. The van der Waals surface area contributed by atoms with Gasteiger partial charge in [-0.25, -0.2) is 4.98 Å². The Hall–Kier alpha value is -1.21. The summed E-state index contributed by atoms with van der Waals surface area (Å²) in [5.74, 6) is 1.54. The number of fused-ring (bicyclic) bond motifs is 2. The van der Waals surface area contributed by atoms with Gasteiger partial charge in [-0.05, 0) is 50.2 Å². The first-order valence-electron chi connectivity index (χ1n) is 9.15. The van der Waals surface area contributed by atoms with E-state index in [-0.39, 0.29) is 17.6 Å². The van der Waals surface area contributed by atoms with Crippen LogP contribution in [0.15, 0.2) is 52.4 Å². The number of nitrogens with zero attached hydrogens (tertiary/aromatic N) is 3. The van der Waals surface area contributed by atoms with Crippen molar-refractivity contribution >= 4 is 52.7 Å². The van der Waals surface area contributed by atoms with Gasteiger partial charge in [0, 0.05) is 23.4 Å². The highest BCUT2D eigenvalue weighted by molar-refractivity contribution is 8.14. The van der Waals surface area contributed by atoms with Crippen molar-refractivity contribution in [2.45, 2.75) is 36.5 Å². The van der Waals surface area contributed by atoms with Gasteiger partial charge in [-0.15, -0.1) is 12.4 Å². The Labute approximate surface area is 176 Å². The Morgan fingerprint density at radius 3 is 2.52 bits per heavy atom. The highest BCUT2D eigenvalue weighted by Gasteiger charge is 2.29. The Kier molecular flexibility index (Phi) is 8.96. The van der Waals surface area contributed by atoms with E-state index >= 15 is 0 Å². The van der Waals surface area contributed by atoms with Gasteiger partial charge in [-0.1, -0.05) is 49.5 Å². The standard InChI is InChI=1S/C20H25N3OS2.ClH/c1-3-12-22(13-4-2)14-15-25-20(24)23-16-8-5-6-9-17(16)26-18-10-7-11-21-19(18)23;/h5-11H,3-4,12-15H2,1-2H3;1H. The highest BCUT2D eigenvalue weighted by Crippen LogP contribution is 2.47. The predicted molar refractivity (Wildman–Crippen MR) is 119 cm³/mol. The van der Waals surface area contributed by atoms with E-state index in [0.29, 0.717) is 0 Å². The van der Waals surface area contributed by atoms with Crippen molar-refractivity contribution in [3.05, 3.63) is 42.6 Å². The number of rotatable bonds is 7. The number of carbonyl (C=O) groups excluding carboxylic acids is 1. The molecule has 0 radical (unpaired) electrons. The number of hydrogen-bond acceptors (Lipinski definition) is 5. The largest absolute Gasteiger partial charge is 0.303 e. The molecule has 1 aromatic heterocycles. The maximum absolute atomic E-state index is 13.0. The van der Waals surface area contributed by atoms with Crippen molar-refractivity contribution in [1.82, 2.24) is 9.88 Å². The summed E-state index contributed by atoms with van der Waals surface area (Å²) in [5, 5.41) is 0.0469. The van der Waals surface area contributed by atoms with E-state index in [1.807, 2.05) is 30.3 Å². The first kappa shape index (κ1) is 22.1. The van der Waals surface area contributed by atoms with E-state index in [1.165, 1.54) is 11.8 Å². The lowest BCUT2D eigenvalue weighted by Crippen LogP contribution is -2.30. The number of para-hydroxylation sites is 1. The fraction of sp³-hybridized carbons (Fsp3) is 0.400. The second kappa shape index (κ2) is 11.0. The third-order valence-corrected chi connectivity index (χ3v) is 6.10. The molecule has 1 aromatic carbocycles. The summed E-state index contributed by atoms with van der Waals surface area (Å²) in [7, 11) is 0. The number of amides is 1. The molecule has 0 saturated carbocycles. The topological polar surface area (TPSA) is 36.4 Å². The maximum Gasteiger partial charge on any atom is 0.291 e. The van der Waals surface area contributed by atoms with Crippen LogP contribution in [0.4, 0.5) is 16.3 Å². The molecule has 3 rings (SSSR count). The SMILES string of the molecule is CCCN(CCC)CCSC(=O)N1c2ccccc2Sc2cccnc21.Cl. The molecule has 2 aromatic rings. The van der Waals surface area contributed by atoms with Gasteiger partial charge in [0.2, 0.25) is 0 Å². The normalized spacial score (nSPS) is 12.3. The van der Waals surface area contributed by atoms with Gasteiger partial charge in [0.25, 0.3) is 5.24 Å². The zero-order valence-corrected chi connectivity index (χ0v) is 18.2. The van der Waals surface area contributed by atoms with Crippen LogP contribution < -0.4 is 4.90 Å².